The molecule has 0 saturated carbocycles. The van der Waals surface area contributed by atoms with Crippen molar-refractivity contribution in [3.63, 3.8) is 0 Å². The second-order valence-corrected chi connectivity index (χ2v) is 6.43. The molecule has 1 aliphatic rings. The summed E-state index contributed by atoms with van der Waals surface area (Å²) in [4.78, 5) is 2.38. The zero-order valence-electron chi connectivity index (χ0n) is 13.7. The Morgan fingerprint density at radius 2 is 2.05 bits per heavy atom. The highest BCUT2D eigenvalue weighted by Gasteiger charge is 2.29. The van der Waals surface area contributed by atoms with Crippen molar-refractivity contribution in [1.29, 1.82) is 0 Å². The molecule has 5 heteroatoms. The van der Waals surface area contributed by atoms with E-state index in [1.807, 2.05) is 18.2 Å². The van der Waals surface area contributed by atoms with Crippen LogP contribution in [0, 0.1) is 0 Å². The van der Waals surface area contributed by atoms with Gasteiger partial charge in [0.25, 0.3) is 0 Å². The Morgan fingerprint density at radius 3 is 2.64 bits per heavy atom. The predicted octanol–water partition coefficient (Wildman–Crippen LogP) is 3.24. The highest BCUT2D eigenvalue weighted by molar-refractivity contribution is 6.30. The minimum atomic E-state index is 0.0966. The van der Waals surface area contributed by atoms with Gasteiger partial charge in [0.1, 0.15) is 5.75 Å². The number of rotatable bonds is 6. The monoisotopic (exact) mass is 326 g/mol. The lowest BCUT2D eigenvalue weighted by molar-refractivity contribution is -0.0801. The number of hydrogen-bond acceptors (Lipinski definition) is 4. The fourth-order valence-corrected chi connectivity index (χ4v) is 3.25. The molecule has 22 heavy (non-hydrogen) atoms. The summed E-state index contributed by atoms with van der Waals surface area (Å²) in [6.07, 6.45) is 1.38. The average molecular weight is 327 g/mol. The normalized spacial score (nSPS) is 24.2. The maximum atomic E-state index is 6.21. The van der Waals surface area contributed by atoms with Crippen molar-refractivity contribution < 1.29 is 9.47 Å². The van der Waals surface area contributed by atoms with Gasteiger partial charge in [0.05, 0.1) is 24.9 Å². The molecule has 1 aliphatic heterocycles. The van der Waals surface area contributed by atoms with E-state index in [1.165, 1.54) is 0 Å². The Labute approximate surface area is 138 Å². The summed E-state index contributed by atoms with van der Waals surface area (Å²) in [5.74, 6) is 0.883. The van der Waals surface area contributed by atoms with Gasteiger partial charge in [-0.25, -0.2) is 0 Å². The molecule has 0 aliphatic carbocycles. The summed E-state index contributed by atoms with van der Waals surface area (Å²) in [6, 6.07) is 5.89. The van der Waals surface area contributed by atoms with Crippen LogP contribution in [0.25, 0.3) is 0 Å². The molecule has 1 aromatic carbocycles. The van der Waals surface area contributed by atoms with E-state index < -0.39 is 0 Å². The molecule has 2 N–H and O–H groups in total. The van der Waals surface area contributed by atoms with Crippen LogP contribution in [0.5, 0.6) is 5.75 Å². The Hall–Kier alpha value is -0.810. The van der Waals surface area contributed by atoms with Crippen molar-refractivity contribution in [2.24, 2.45) is 5.73 Å². The zero-order chi connectivity index (χ0) is 16.1. The highest BCUT2D eigenvalue weighted by atomic mass is 35.5. The van der Waals surface area contributed by atoms with Crippen LogP contribution in [0.15, 0.2) is 18.2 Å². The van der Waals surface area contributed by atoms with Gasteiger partial charge in [-0.05, 0) is 38.5 Å². The van der Waals surface area contributed by atoms with Crippen LogP contribution in [0.2, 0.25) is 5.02 Å². The van der Waals surface area contributed by atoms with Crippen molar-refractivity contribution in [3.8, 4) is 5.75 Å². The first-order valence-electron chi connectivity index (χ1n) is 8.07. The molecule has 0 radical (unpaired) electrons. The second kappa shape index (κ2) is 8.16. The summed E-state index contributed by atoms with van der Waals surface area (Å²) in [6.45, 7) is 9.26. The molecule has 2 rings (SSSR count). The standard InChI is InChI=1S/C17H27ClN2O2/c1-4-7-21-17-6-5-14(18)8-15(17)16(9-19)20-10-12(2)22-13(3)11-20/h5-6,8,12-13,16H,4,7,9-11,19H2,1-3H3. The van der Waals surface area contributed by atoms with Gasteiger partial charge in [0.2, 0.25) is 0 Å². The molecule has 1 aromatic rings. The summed E-state index contributed by atoms with van der Waals surface area (Å²) >= 11 is 6.21. The van der Waals surface area contributed by atoms with Gasteiger partial charge in [0, 0.05) is 30.2 Å². The van der Waals surface area contributed by atoms with E-state index >= 15 is 0 Å². The average Bonchev–Trinajstić information content (AvgIpc) is 2.46. The Balaban J connectivity index is 2.27. The quantitative estimate of drug-likeness (QED) is 0.872. The molecule has 0 amide bonds. The first kappa shape index (κ1) is 17.5. The van der Waals surface area contributed by atoms with Crippen molar-refractivity contribution >= 4 is 11.6 Å². The van der Waals surface area contributed by atoms with Crippen LogP contribution < -0.4 is 10.5 Å². The molecule has 0 bridgehead atoms. The summed E-state index contributed by atoms with van der Waals surface area (Å²) < 4.78 is 11.7. The van der Waals surface area contributed by atoms with E-state index in [1.54, 1.807) is 0 Å². The number of benzene rings is 1. The van der Waals surface area contributed by atoms with Crippen LogP contribution in [0.3, 0.4) is 0 Å². The van der Waals surface area contributed by atoms with Crippen molar-refractivity contribution in [2.75, 3.05) is 26.2 Å². The van der Waals surface area contributed by atoms with Gasteiger partial charge >= 0.3 is 0 Å². The highest BCUT2D eigenvalue weighted by Crippen LogP contribution is 2.33. The third-order valence-electron chi connectivity index (χ3n) is 3.90. The van der Waals surface area contributed by atoms with Gasteiger partial charge in [-0.3, -0.25) is 4.90 Å². The lowest BCUT2D eigenvalue weighted by atomic mass is 10.0. The fraction of sp³-hybridized carbons (Fsp3) is 0.647. The second-order valence-electron chi connectivity index (χ2n) is 5.99. The van der Waals surface area contributed by atoms with Crippen LogP contribution in [0.1, 0.15) is 38.8 Å². The van der Waals surface area contributed by atoms with Crippen LogP contribution >= 0.6 is 11.6 Å². The SMILES string of the molecule is CCCOc1ccc(Cl)cc1C(CN)N1CC(C)OC(C)C1. The van der Waals surface area contributed by atoms with Crippen LogP contribution in [-0.4, -0.2) is 43.3 Å². The number of ether oxygens (including phenoxy) is 2. The number of morpholine rings is 1. The molecule has 3 unspecified atom stereocenters. The number of nitrogens with zero attached hydrogens (tertiary/aromatic N) is 1. The van der Waals surface area contributed by atoms with Gasteiger partial charge < -0.3 is 15.2 Å². The zero-order valence-corrected chi connectivity index (χ0v) is 14.5. The molecule has 124 valence electrons. The molecule has 3 atom stereocenters. The van der Waals surface area contributed by atoms with Crippen molar-refractivity contribution in [2.45, 2.75) is 45.4 Å². The molecule has 0 spiro atoms. The Bertz CT molecular complexity index is 474. The number of hydrogen-bond donors (Lipinski definition) is 1. The lowest BCUT2D eigenvalue weighted by Gasteiger charge is -2.40. The van der Waals surface area contributed by atoms with E-state index in [0.717, 1.165) is 30.8 Å². The van der Waals surface area contributed by atoms with Gasteiger partial charge in [-0.1, -0.05) is 18.5 Å². The first-order valence-corrected chi connectivity index (χ1v) is 8.44. The molecule has 4 nitrogen and oxygen atoms in total. The van der Waals surface area contributed by atoms with E-state index in [4.69, 9.17) is 26.8 Å². The van der Waals surface area contributed by atoms with Crippen LogP contribution in [0.4, 0.5) is 0 Å². The topological polar surface area (TPSA) is 47.7 Å². The van der Waals surface area contributed by atoms with E-state index in [9.17, 15) is 0 Å². The largest absolute Gasteiger partial charge is 0.493 e. The lowest BCUT2D eigenvalue weighted by Crippen LogP contribution is -2.48. The Morgan fingerprint density at radius 1 is 1.36 bits per heavy atom. The Kier molecular flexibility index (Phi) is 6.50. The third-order valence-corrected chi connectivity index (χ3v) is 4.14. The maximum absolute atomic E-state index is 6.21. The summed E-state index contributed by atoms with van der Waals surface area (Å²) in [5, 5.41) is 0.714. The molecule has 1 fully saturated rings. The summed E-state index contributed by atoms with van der Waals surface area (Å²) in [5.41, 5.74) is 7.17. The molecular weight excluding hydrogens is 300 g/mol. The first-order chi connectivity index (χ1) is 10.5. The van der Waals surface area contributed by atoms with E-state index in [-0.39, 0.29) is 18.2 Å². The van der Waals surface area contributed by atoms with E-state index in [2.05, 4.69) is 25.7 Å². The summed E-state index contributed by atoms with van der Waals surface area (Å²) in [7, 11) is 0. The smallest absolute Gasteiger partial charge is 0.124 e. The molecular formula is C17H27ClN2O2. The molecule has 1 saturated heterocycles. The third kappa shape index (κ3) is 4.35. The minimum Gasteiger partial charge on any atom is -0.493 e. The van der Waals surface area contributed by atoms with Gasteiger partial charge in [-0.15, -0.1) is 0 Å². The molecule has 1 heterocycles. The van der Waals surface area contributed by atoms with Crippen LogP contribution in [-0.2, 0) is 4.74 Å². The van der Waals surface area contributed by atoms with Gasteiger partial charge in [-0.2, -0.15) is 0 Å². The van der Waals surface area contributed by atoms with E-state index in [0.29, 0.717) is 18.2 Å². The van der Waals surface area contributed by atoms with Crippen molar-refractivity contribution in [3.05, 3.63) is 28.8 Å². The fourth-order valence-electron chi connectivity index (χ4n) is 3.07. The van der Waals surface area contributed by atoms with Gasteiger partial charge in [0.15, 0.2) is 0 Å². The van der Waals surface area contributed by atoms with Crippen molar-refractivity contribution in [1.82, 2.24) is 4.90 Å². The molecule has 0 aromatic heterocycles. The number of nitrogens with two attached hydrogens (primary N) is 1. The predicted molar refractivity (Wildman–Crippen MR) is 90.6 cm³/mol. The maximum Gasteiger partial charge on any atom is 0.124 e. The number of halogens is 1. The minimum absolute atomic E-state index is 0.0966.